The number of hydrogen-bond acceptors (Lipinski definition) is 2. The van der Waals surface area contributed by atoms with E-state index in [9.17, 15) is 18.4 Å². The van der Waals surface area contributed by atoms with Gasteiger partial charge in [0.05, 0.1) is 11.1 Å². The summed E-state index contributed by atoms with van der Waals surface area (Å²) in [6.07, 6.45) is 1.33. The van der Waals surface area contributed by atoms with Gasteiger partial charge in [0.25, 0.3) is 0 Å². The maximum Gasteiger partial charge on any atom is 0.238 e. The van der Waals surface area contributed by atoms with Gasteiger partial charge < -0.3 is 0 Å². The summed E-state index contributed by atoms with van der Waals surface area (Å²) in [6.45, 7) is 0. The van der Waals surface area contributed by atoms with E-state index in [0.717, 1.165) is 0 Å². The highest BCUT2D eigenvalue weighted by Gasteiger charge is 2.08. The zero-order valence-corrected chi connectivity index (χ0v) is 13.3. The maximum absolute atomic E-state index is 13.4. The van der Waals surface area contributed by atoms with Crippen LogP contribution in [0.25, 0.3) is 0 Å². The Hall–Kier alpha value is -3.24. The van der Waals surface area contributed by atoms with Crippen molar-refractivity contribution in [2.75, 3.05) is 0 Å². The van der Waals surface area contributed by atoms with Crippen LogP contribution in [0.15, 0.2) is 48.5 Å². The zero-order valence-electron chi connectivity index (χ0n) is 13.3. The van der Waals surface area contributed by atoms with Crippen LogP contribution in [0.2, 0.25) is 0 Å². The number of benzene rings is 2. The number of halogens is 2. The fourth-order valence-corrected chi connectivity index (χ4v) is 1.98. The van der Waals surface area contributed by atoms with Crippen molar-refractivity contribution in [3.8, 4) is 23.7 Å². The summed E-state index contributed by atoms with van der Waals surface area (Å²) in [5.41, 5.74) is -0.101. The smallest absolute Gasteiger partial charge is 0.238 e. The topological polar surface area (TPSA) is 34.1 Å². The normalized spacial score (nSPS) is 9.36. The van der Waals surface area contributed by atoms with E-state index in [1.807, 2.05) is 0 Å². The minimum absolute atomic E-state index is 0.0507. The van der Waals surface area contributed by atoms with Crippen LogP contribution in [0.4, 0.5) is 8.78 Å². The molecule has 124 valence electrons. The summed E-state index contributed by atoms with van der Waals surface area (Å²) < 4.78 is 26.8. The molecule has 0 saturated heterocycles. The number of ketones is 2. The predicted octanol–water partition coefficient (Wildman–Crippen LogP) is 4.21. The number of carbonyl (C=O) groups is 2. The van der Waals surface area contributed by atoms with Crippen LogP contribution in [0.1, 0.15) is 40.0 Å². The number of Topliss-reactive ketones (excluding diaryl/α,β-unsaturated/α-hetero) is 2. The van der Waals surface area contributed by atoms with E-state index in [4.69, 9.17) is 0 Å². The van der Waals surface area contributed by atoms with Gasteiger partial charge in [0, 0.05) is 12.8 Å². The predicted molar refractivity (Wildman–Crippen MR) is 90.9 cm³/mol. The second-order valence-corrected chi connectivity index (χ2v) is 5.08. The number of carbonyl (C=O) groups excluding carboxylic acids is 2. The van der Waals surface area contributed by atoms with E-state index in [2.05, 4.69) is 23.7 Å². The lowest BCUT2D eigenvalue weighted by Gasteiger charge is -1.95. The quantitative estimate of drug-likeness (QED) is 0.363. The molecule has 0 atom stereocenters. The van der Waals surface area contributed by atoms with Crippen LogP contribution in [0.5, 0.6) is 0 Å². The van der Waals surface area contributed by atoms with Gasteiger partial charge in [-0.1, -0.05) is 36.1 Å². The van der Waals surface area contributed by atoms with E-state index in [-0.39, 0.29) is 11.1 Å². The average Bonchev–Trinajstić information content (AvgIpc) is 2.61. The first-order valence-electron chi connectivity index (χ1n) is 7.65. The molecule has 0 N–H and O–H groups in total. The van der Waals surface area contributed by atoms with Crippen molar-refractivity contribution in [1.82, 2.24) is 0 Å². The molecule has 4 heteroatoms. The molecule has 2 aromatic rings. The lowest BCUT2D eigenvalue weighted by atomic mass is 10.1. The molecule has 25 heavy (non-hydrogen) atoms. The summed E-state index contributed by atoms with van der Waals surface area (Å²) in [6, 6.07) is 11.3. The Bertz CT molecular complexity index is 833. The molecule has 0 spiro atoms. The van der Waals surface area contributed by atoms with Crippen LogP contribution in [0.3, 0.4) is 0 Å². The van der Waals surface area contributed by atoms with Crippen LogP contribution >= 0.6 is 0 Å². The highest BCUT2D eigenvalue weighted by atomic mass is 19.1. The second-order valence-electron chi connectivity index (χ2n) is 5.08. The SMILES string of the molecule is O=C(C#CCCCC#CC(=O)c1ccccc1F)c1ccccc1F. The van der Waals surface area contributed by atoms with Gasteiger partial charge in [0.1, 0.15) is 11.6 Å². The number of hydrogen-bond donors (Lipinski definition) is 0. The highest BCUT2D eigenvalue weighted by molar-refractivity contribution is 6.09. The Labute approximate surface area is 144 Å². The summed E-state index contributed by atoms with van der Waals surface area (Å²) in [4.78, 5) is 23.4. The molecule has 0 fully saturated rings. The molecule has 2 nitrogen and oxygen atoms in total. The van der Waals surface area contributed by atoms with Crippen LogP contribution < -0.4 is 0 Å². The van der Waals surface area contributed by atoms with Gasteiger partial charge in [-0.05, 0) is 42.5 Å². The summed E-state index contributed by atoms with van der Waals surface area (Å²) in [5.74, 6) is 7.74. The van der Waals surface area contributed by atoms with Crippen molar-refractivity contribution in [3.63, 3.8) is 0 Å². The van der Waals surface area contributed by atoms with Crippen molar-refractivity contribution in [3.05, 3.63) is 71.3 Å². The van der Waals surface area contributed by atoms with Gasteiger partial charge in [-0.15, -0.1) is 0 Å². The first-order chi connectivity index (χ1) is 12.1. The molecule has 2 aromatic carbocycles. The van der Waals surface area contributed by atoms with Crippen molar-refractivity contribution < 1.29 is 18.4 Å². The van der Waals surface area contributed by atoms with Crippen molar-refractivity contribution in [1.29, 1.82) is 0 Å². The lowest BCUT2D eigenvalue weighted by Crippen LogP contribution is -1.98. The Morgan fingerprint density at radius 3 is 1.52 bits per heavy atom. The van der Waals surface area contributed by atoms with Crippen molar-refractivity contribution in [2.45, 2.75) is 19.3 Å². The third-order valence-corrected chi connectivity index (χ3v) is 3.24. The minimum Gasteiger partial charge on any atom is -0.279 e. The largest absolute Gasteiger partial charge is 0.279 e. The molecule has 0 amide bonds. The van der Waals surface area contributed by atoms with Crippen molar-refractivity contribution >= 4 is 11.6 Å². The fraction of sp³-hybridized carbons (Fsp3) is 0.143. The molecular formula is C21H14F2O2. The number of unbranched alkanes of at least 4 members (excludes halogenated alkanes) is 2. The Morgan fingerprint density at radius 2 is 1.12 bits per heavy atom. The summed E-state index contributed by atoms with van der Waals surface area (Å²) in [7, 11) is 0. The molecule has 0 unspecified atom stereocenters. The molecule has 0 aliphatic carbocycles. The zero-order chi connectivity index (χ0) is 18.1. The maximum atomic E-state index is 13.4. The van der Waals surface area contributed by atoms with E-state index in [1.54, 1.807) is 12.1 Å². The summed E-state index contributed by atoms with van der Waals surface area (Å²) >= 11 is 0. The third-order valence-electron chi connectivity index (χ3n) is 3.24. The molecule has 0 bridgehead atoms. The second kappa shape index (κ2) is 9.15. The van der Waals surface area contributed by atoms with Crippen LogP contribution in [-0.2, 0) is 0 Å². The average molecular weight is 336 g/mol. The van der Waals surface area contributed by atoms with Gasteiger partial charge in [0.2, 0.25) is 11.6 Å². The minimum atomic E-state index is -0.598. The van der Waals surface area contributed by atoms with E-state index >= 15 is 0 Å². The Morgan fingerprint density at radius 1 is 0.720 bits per heavy atom. The highest BCUT2D eigenvalue weighted by Crippen LogP contribution is 2.07. The molecule has 0 saturated carbocycles. The van der Waals surface area contributed by atoms with Gasteiger partial charge in [-0.2, -0.15) is 0 Å². The summed E-state index contributed by atoms with van der Waals surface area (Å²) in [5, 5.41) is 0. The standard InChI is InChI=1S/C21H14F2O2/c22-18-12-8-6-10-16(18)20(24)14-4-2-1-3-5-15-21(25)17-11-7-9-13-19(17)23/h6-13H,1-3H2. The first kappa shape index (κ1) is 18.1. The fourth-order valence-electron chi connectivity index (χ4n) is 1.98. The van der Waals surface area contributed by atoms with Crippen molar-refractivity contribution in [2.24, 2.45) is 0 Å². The number of rotatable bonds is 4. The monoisotopic (exact) mass is 336 g/mol. The molecule has 0 aromatic heterocycles. The van der Waals surface area contributed by atoms with E-state index in [1.165, 1.54) is 36.4 Å². The molecule has 0 radical (unpaired) electrons. The lowest BCUT2D eigenvalue weighted by molar-refractivity contribution is 0.104. The van der Waals surface area contributed by atoms with Gasteiger partial charge in [0.15, 0.2) is 0 Å². The molecule has 0 aliphatic heterocycles. The first-order valence-corrected chi connectivity index (χ1v) is 7.65. The third kappa shape index (κ3) is 5.41. The molecular weight excluding hydrogens is 322 g/mol. The van der Waals surface area contributed by atoms with Gasteiger partial charge in [-0.3, -0.25) is 9.59 Å². The van der Waals surface area contributed by atoms with Gasteiger partial charge in [-0.25, -0.2) is 8.78 Å². The molecule has 0 heterocycles. The van der Waals surface area contributed by atoms with E-state index in [0.29, 0.717) is 19.3 Å². The molecule has 2 rings (SSSR count). The van der Waals surface area contributed by atoms with Gasteiger partial charge >= 0.3 is 0 Å². The Kier molecular flexibility index (Phi) is 6.63. The van der Waals surface area contributed by atoms with E-state index < -0.39 is 23.2 Å². The van der Waals surface area contributed by atoms with Crippen LogP contribution in [-0.4, -0.2) is 11.6 Å². The molecule has 0 aliphatic rings. The van der Waals surface area contributed by atoms with Crippen LogP contribution in [0, 0.1) is 35.3 Å². The Balaban J connectivity index is 1.80.